The van der Waals surface area contributed by atoms with Crippen molar-refractivity contribution < 1.29 is 13.2 Å². The van der Waals surface area contributed by atoms with Gasteiger partial charge in [0, 0.05) is 12.2 Å². The number of nitrogens with zero attached hydrogens (tertiary/aromatic N) is 1. The number of sulfonamides is 1. The first kappa shape index (κ1) is 22.7. The van der Waals surface area contributed by atoms with Crippen LogP contribution in [0.1, 0.15) is 27.8 Å². The zero-order valence-electron chi connectivity index (χ0n) is 18.3. The summed E-state index contributed by atoms with van der Waals surface area (Å²) >= 11 is 0. The Hall–Kier alpha value is -2.96. The fourth-order valence-electron chi connectivity index (χ4n) is 3.16. The van der Waals surface area contributed by atoms with Gasteiger partial charge in [0.25, 0.3) is 0 Å². The Labute approximate surface area is 184 Å². The Morgan fingerprint density at radius 2 is 1.39 bits per heavy atom. The molecule has 0 aliphatic heterocycles. The van der Waals surface area contributed by atoms with Crippen molar-refractivity contribution in [2.75, 3.05) is 11.9 Å². The Bertz CT molecular complexity index is 1170. The van der Waals surface area contributed by atoms with Crippen LogP contribution in [0.2, 0.25) is 0 Å². The number of aryl methyl sites for hydroxylation is 4. The van der Waals surface area contributed by atoms with Gasteiger partial charge >= 0.3 is 0 Å². The highest BCUT2D eigenvalue weighted by Gasteiger charge is 2.27. The molecule has 0 spiro atoms. The molecule has 0 aliphatic carbocycles. The first-order chi connectivity index (χ1) is 14.6. The average Bonchev–Trinajstić information content (AvgIpc) is 2.72. The van der Waals surface area contributed by atoms with Gasteiger partial charge in [0.1, 0.15) is 0 Å². The van der Waals surface area contributed by atoms with Gasteiger partial charge in [-0.05, 0) is 68.7 Å². The SMILES string of the molecule is Cc1ccc(CN(CC(=O)Nc2ccc(C)c(C)c2)S(=O)(=O)c2ccc(C)cc2)cc1. The van der Waals surface area contributed by atoms with E-state index in [1.54, 1.807) is 24.3 Å². The van der Waals surface area contributed by atoms with Crippen molar-refractivity contribution in [3.05, 3.63) is 94.5 Å². The van der Waals surface area contributed by atoms with Gasteiger partial charge in [0.05, 0.1) is 11.4 Å². The molecule has 0 saturated carbocycles. The van der Waals surface area contributed by atoms with Crippen LogP contribution in [-0.2, 0) is 21.4 Å². The van der Waals surface area contributed by atoms with Gasteiger partial charge in [-0.25, -0.2) is 8.42 Å². The van der Waals surface area contributed by atoms with E-state index in [9.17, 15) is 13.2 Å². The molecule has 0 heterocycles. The molecule has 31 heavy (non-hydrogen) atoms. The number of carbonyl (C=O) groups is 1. The molecular formula is C25H28N2O3S. The van der Waals surface area contributed by atoms with Crippen LogP contribution >= 0.6 is 0 Å². The van der Waals surface area contributed by atoms with E-state index in [0.717, 1.165) is 27.8 Å². The van der Waals surface area contributed by atoms with Crippen molar-refractivity contribution in [3.8, 4) is 0 Å². The van der Waals surface area contributed by atoms with Crippen LogP contribution in [0, 0.1) is 27.7 Å². The second-order valence-corrected chi connectivity index (χ2v) is 9.86. The number of anilines is 1. The highest BCUT2D eigenvalue weighted by Crippen LogP contribution is 2.20. The maximum Gasteiger partial charge on any atom is 0.243 e. The molecule has 0 unspecified atom stereocenters. The molecule has 162 valence electrons. The van der Waals surface area contributed by atoms with Gasteiger partial charge in [-0.3, -0.25) is 4.79 Å². The number of amides is 1. The van der Waals surface area contributed by atoms with E-state index < -0.39 is 10.0 Å². The number of rotatable bonds is 7. The van der Waals surface area contributed by atoms with Crippen molar-refractivity contribution >= 4 is 21.6 Å². The highest BCUT2D eigenvalue weighted by molar-refractivity contribution is 7.89. The van der Waals surface area contributed by atoms with E-state index in [1.165, 1.54) is 4.31 Å². The van der Waals surface area contributed by atoms with Gasteiger partial charge in [0.15, 0.2) is 0 Å². The second kappa shape index (κ2) is 9.45. The molecule has 3 aromatic rings. The van der Waals surface area contributed by atoms with E-state index in [2.05, 4.69) is 5.32 Å². The molecule has 3 rings (SSSR count). The van der Waals surface area contributed by atoms with Crippen molar-refractivity contribution in [2.45, 2.75) is 39.1 Å². The fourth-order valence-corrected chi connectivity index (χ4v) is 4.55. The minimum Gasteiger partial charge on any atom is -0.325 e. The van der Waals surface area contributed by atoms with Gasteiger partial charge in [-0.2, -0.15) is 4.31 Å². The van der Waals surface area contributed by atoms with Crippen LogP contribution in [0.4, 0.5) is 5.69 Å². The number of nitrogens with one attached hydrogen (secondary N) is 1. The van der Waals surface area contributed by atoms with Crippen LogP contribution in [0.3, 0.4) is 0 Å². The predicted octanol–water partition coefficient (Wildman–Crippen LogP) is 4.75. The zero-order valence-corrected chi connectivity index (χ0v) is 19.2. The molecule has 3 aromatic carbocycles. The Balaban J connectivity index is 1.87. The monoisotopic (exact) mass is 436 g/mol. The maximum absolute atomic E-state index is 13.3. The van der Waals surface area contributed by atoms with Crippen molar-refractivity contribution in [3.63, 3.8) is 0 Å². The first-order valence-electron chi connectivity index (χ1n) is 10.1. The lowest BCUT2D eigenvalue weighted by Crippen LogP contribution is -2.37. The molecule has 0 radical (unpaired) electrons. The maximum atomic E-state index is 13.3. The van der Waals surface area contributed by atoms with Gasteiger partial charge < -0.3 is 5.32 Å². The molecule has 0 aliphatic rings. The lowest BCUT2D eigenvalue weighted by Gasteiger charge is -2.22. The second-order valence-electron chi connectivity index (χ2n) is 7.92. The van der Waals surface area contributed by atoms with Crippen LogP contribution in [0.5, 0.6) is 0 Å². The van der Waals surface area contributed by atoms with Gasteiger partial charge in [-0.1, -0.05) is 53.6 Å². The highest BCUT2D eigenvalue weighted by atomic mass is 32.2. The predicted molar refractivity (Wildman–Crippen MR) is 124 cm³/mol. The molecule has 0 atom stereocenters. The summed E-state index contributed by atoms with van der Waals surface area (Å²) in [7, 11) is -3.86. The van der Waals surface area contributed by atoms with E-state index in [-0.39, 0.29) is 23.9 Å². The summed E-state index contributed by atoms with van der Waals surface area (Å²) in [5.41, 5.74) is 5.71. The van der Waals surface area contributed by atoms with E-state index >= 15 is 0 Å². The normalized spacial score (nSPS) is 11.5. The first-order valence-corrected chi connectivity index (χ1v) is 11.6. The van der Waals surface area contributed by atoms with Crippen molar-refractivity contribution in [1.29, 1.82) is 0 Å². The fraction of sp³-hybridized carbons (Fsp3) is 0.240. The summed E-state index contributed by atoms with van der Waals surface area (Å²) in [6.45, 7) is 7.67. The lowest BCUT2D eigenvalue weighted by molar-refractivity contribution is -0.116. The van der Waals surface area contributed by atoms with Crippen molar-refractivity contribution in [2.24, 2.45) is 0 Å². The third kappa shape index (κ3) is 5.81. The minimum absolute atomic E-state index is 0.108. The zero-order chi connectivity index (χ0) is 22.6. The molecule has 5 nitrogen and oxygen atoms in total. The summed E-state index contributed by atoms with van der Waals surface area (Å²) in [4.78, 5) is 12.9. The van der Waals surface area contributed by atoms with Gasteiger partial charge in [-0.15, -0.1) is 0 Å². The molecular weight excluding hydrogens is 408 g/mol. The van der Waals surface area contributed by atoms with Crippen LogP contribution in [0.15, 0.2) is 71.6 Å². The Morgan fingerprint density at radius 1 is 0.806 bits per heavy atom. The Morgan fingerprint density at radius 3 is 1.97 bits per heavy atom. The molecule has 1 amide bonds. The van der Waals surface area contributed by atoms with E-state index in [0.29, 0.717) is 5.69 Å². The number of benzene rings is 3. The Kier molecular flexibility index (Phi) is 6.93. The molecule has 0 fully saturated rings. The molecule has 1 N–H and O–H groups in total. The van der Waals surface area contributed by atoms with Crippen molar-refractivity contribution in [1.82, 2.24) is 4.31 Å². The van der Waals surface area contributed by atoms with Crippen LogP contribution in [-0.4, -0.2) is 25.2 Å². The van der Waals surface area contributed by atoms with Crippen LogP contribution in [0.25, 0.3) is 0 Å². The van der Waals surface area contributed by atoms with E-state index in [1.807, 2.05) is 70.2 Å². The molecule has 0 saturated heterocycles. The third-order valence-electron chi connectivity index (χ3n) is 5.25. The minimum atomic E-state index is -3.86. The summed E-state index contributed by atoms with van der Waals surface area (Å²) in [5, 5.41) is 2.82. The third-order valence-corrected chi connectivity index (χ3v) is 7.05. The number of hydrogen-bond donors (Lipinski definition) is 1. The standard InChI is InChI=1S/C25H28N2O3S/c1-18-5-10-22(11-6-18)16-27(31(29,30)24-13-7-19(2)8-14-24)17-25(28)26-23-12-9-20(3)21(4)15-23/h5-15H,16-17H2,1-4H3,(H,26,28). The summed E-state index contributed by atoms with van der Waals surface area (Å²) in [5.74, 6) is -0.383. The lowest BCUT2D eigenvalue weighted by atomic mass is 10.1. The van der Waals surface area contributed by atoms with E-state index in [4.69, 9.17) is 0 Å². The van der Waals surface area contributed by atoms with Gasteiger partial charge in [0.2, 0.25) is 15.9 Å². The topological polar surface area (TPSA) is 66.5 Å². The number of carbonyl (C=O) groups excluding carboxylic acids is 1. The quantitative estimate of drug-likeness (QED) is 0.581. The summed E-state index contributed by atoms with van der Waals surface area (Å²) < 4.78 is 27.9. The largest absolute Gasteiger partial charge is 0.325 e. The summed E-state index contributed by atoms with van der Waals surface area (Å²) in [6.07, 6.45) is 0. The molecule has 0 bridgehead atoms. The number of hydrogen-bond acceptors (Lipinski definition) is 3. The average molecular weight is 437 g/mol. The molecule has 6 heteroatoms. The summed E-state index contributed by atoms with van der Waals surface area (Å²) in [6, 6.07) is 19.9. The molecule has 0 aromatic heterocycles. The van der Waals surface area contributed by atoms with Crippen LogP contribution < -0.4 is 5.32 Å². The smallest absolute Gasteiger partial charge is 0.243 e.